The van der Waals surface area contributed by atoms with Gasteiger partial charge in [-0.1, -0.05) is 25.2 Å². The minimum absolute atomic E-state index is 0.225. The van der Waals surface area contributed by atoms with Crippen molar-refractivity contribution in [3.8, 4) is 17.9 Å². The third-order valence-corrected chi connectivity index (χ3v) is 3.14. The van der Waals surface area contributed by atoms with Gasteiger partial charge in [0.05, 0.1) is 5.54 Å². The Kier molecular flexibility index (Phi) is 3.60. The molecule has 2 N–H and O–H groups in total. The van der Waals surface area contributed by atoms with Crippen LogP contribution >= 0.6 is 0 Å². The summed E-state index contributed by atoms with van der Waals surface area (Å²) in [6.07, 6.45) is 5.14. The van der Waals surface area contributed by atoms with Crippen molar-refractivity contribution in [2.75, 3.05) is 0 Å². The number of aromatic nitrogens is 1. The summed E-state index contributed by atoms with van der Waals surface area (Å²) >= 11 is 0. The van der Waals surface area contributed by atoms with Gasteiger partial charge in [0.2, 0.25) is 0 Å². The van der Waals surface area contributed by atoms with Gasteiger partial charge in [-0.3, -0.25) is 0 Å². The molecule has 1 fully saturated rings. The summed E-state index contributed by atoms with van der Waals surface area (Å²) < 4.78 is 13.1. The van der Waals surface area contributed by atoms with Gasteiger partial charge in [0, 0.05) is 0 Å². The van der Waals surface area contributed by atoms with E-state index in [1.807, 2.05) is 0 Å². The predicted molar refractivity (Wildman–Crippen MR) is 65.8 cm³/mol. The van der Waals surface area contributed by atoms with Gasteiger partial charge in [0.15, 0.2) is 11.5 Å². The number of nitrogens with zero attached hydrogens (tertiary/aromatic N) is 2. The van der Waals surface area contributed by atoms with Crippen molar-refractivity contribution in [3.63, 3.8) is 0 Å². The summed E-state index contributed by atoms with van der Waals surface area (Å²) in [4.78, 5) is 3.84. The van der Waals surface area contributed by atoms with Crippen LogP contribution in [0.15, 0.2) is 12.1 Å². The number of hydrogen-bond acceptors (Lipinski definition) is 3. The van der Waals surface area contributed by atoms with E-state index >= 15 is 0 Å². The number of rotatable bonds is 0. The molecule has 0 saturated heterocycles. The fourth-order valence-corrected chi connectivity index (χ4v) is 2.09. The lowest BCUT2D eigenvalue weighted by Gasteiger charge is -2.27. The summed E-state index contributed by atoms with van der Waals surface area (Å²) in [5.74, 6) is 5.25. The molecule has 1 aliphatic carbocycles. The van der Waals surface area contributed by atoms with E-state index in [2.05, 4.69) is 16.8 Å². The second-order valence-corrected chi connectivity index (χ2v) is 4.61. The second kappa shape index (κ2) is 5.16. The van der Waals surface area contributed by atoms with Crippen molar-refractivity contribution < 1.29 is 4.39 Å². The molecule has 92 valence electrons. The van der Waals surface area contributed by atoms with Crippen molar-refractivity contribution in [1.29, 1.82) is 5.26 Å². The average Bonchev–Trinajstić information content (AvgIpc) is 2.39. The van der Waals surface area contributed by atoms with E-state index in [1.54, 1.807) is 6.07 Å². The quantitative estimate of drug-likeness (QED) is 0.710. The molecule has 0 amide bonds. The van der Waals surface area contributed by atoms with Gasteiger partial charge in [-0.25, -0.2) is 9.37 Å². The molecule has 1 aliphatic rings. The van der Waals surface area contributed by atoms with Gasteiger partial charge in [-0.15, -0.1) is 0 Å². The highest BCUT2D eigenvalue weighted by atomic mass is 19.1. The summed E-state index contributed by atoms with van der Waals surface area (Å²) in [5, 5.41) is 8.69. The fraction of sp³-hybridized carbons (Fsp3) is 0.429. The van der Waals surface area contributed by atoms with Crippen molar-refractivity contribution in [3.05, 3.63) is 29.3 Å². The molecule has 3 nitrogen and oxygen atoms in total. The van der Waals surface area contributed by atoms with E-state index in [0.717, 1.165) is 25.7 Å². The molecule has 1 saturated carbocycles. The molecule has 18 heavy (non-hydrogen) atoms. The molecule has 0 radical (unpaired) electrons. The Labute approximate surface area is 106 Å². The maximum Gasteiger partial charge on any atom is 0.177 e. The molecule has 1 aromatic heterocycles. The zero-order valence-electron chi connectivity index (χ0n) is 10.0. The fourth-order valence-electron chi connectivity index (χ4n) is 2.09. The number of nitrogens with two attached hydrogens (primary N) is 1. The Hall–Kier alpha value is -1.91. The van der Waals surface area contributed by atoms with E-state index in [4.69, 9.17) is 11.0 Å². The highest BCUT2D eigenvalue weighted by Gasteiger charge is 2.24. The Balaban J connectivity index is 2.22. The lowest BCUT2D eigenvalue weighted by molar-refractivity contribution is 0.370. The van der Waals surface area contributed by atoms with E-state index in [1.165, 1.54) is 18.6 Å². The number of nitriles is 1. The minimum atomic E-state index is -0.622. The molecule has 0 aromatic carbocycles. The van der Waals surface area contributed by atoms with Gasteiger partial charge < -0.3 is 5.73 Å². The van der Waals surface area contributed by atoms with Crippen LogP contribution in [0, 0.1) is 29.0 Å². The summed E-state index contributed by atoms with van der Waals surface area (Å²) in [5.41, 5.74) is 5.88. The van der Waals surface area contributed by atoms with Crippen LogP contribution in [0.1, 0.15) is 43.5 Å². The predicted octanol–water partition coefficient (Wildman–Crippen LogP) is 2.11. The molecule has 1 aromatic rings. The van der Waals surface area contributed by atoms with Crippen LogP contribution < -0.4 is 5.73 Å². The number of pyridine rings is 1. The lowest BCUT2D eigenvalue weighted by Crippen LogP contribution is -2.40. The summed E-state index contributed by atoms with van der Waals surface area (Å²) in [7, 11) is 0. The van der Waals surface area contributed by atoms with Crippen LogP contribution in [0.2, 0.25) is 0 Å². The Morgan fingerprint density at radius 3 is 2.67 bits per heavy atom. The number of halogens is 1. The highest BCUT2D eigenvalue weighted by molar-refractivity contribution is 5.35. The van der Waals surface area contributed by atoms with Crippen LogP contribution in [0.5, 0.6) is 0 Å². The van der Waals surface area contributed by atoms with Gasteiger partial charge in [-0.2, -0.15) is 5.26 Å². The van der Waals surface area contributed by atoms with Gasteiger partial charge in [-0.05, 0) is 30.9 Å². The maximum atomic E-state index is 13.1. The molecular formula is C14H14FN3. The normalized spacial score (nSPS) is 17.4. The topological polar surface area (TPSA) is 62.7 Å². The molecule has 4 heteroatoms. The molecule has 0 bridgehead atoms. The summed E-state index contributed by atoms with van der Waals surface area (Å²) in [6.45, 7) is 0. The van der Waals surface area contributed by atoms with Gasteiger partial charge >= 0.3 is 0 Å². The monoisotopic (exact) mass is 243 g/mol. The second-order valence-electron chi connectivity index (χ2n) is 4.61. The van der Waals surface area contributed by atoms with Crippen LogP contribution in [0.25, 0.3) is 0 Å². The third-order valence-electron chi connectivity index (χ3n) is 3.14. The SMILES string of the molecule is N#Cc1nc(C#CC2(N)CCCCC2)ccc1F. The molecule has 0 aliphatic heterocycles. The Morgan fingerprint density at radius 1 is 1.28 bits per heavy atom. The minimum Gasteiger partial charge on any atom is -0.315 e. The zero-order chi connectivity index (χ0) is 13.0. The van der Waals surface area contributed by atoms with Crippen molar-refractivity contribution in [2.45, 2.75) is 37.6 Å². The largest absolute Gasteiger partial charge is 0.315 e. The van der Waals surface area contributed by atoms with E-state index in [-0.39, 0.29) is 5.69 Å². The van der Waals surface area contributed by atoms with Gasteiger partial charge in [0.1, 0.15) is 11.8 Å². The van der Waals surface area contributed by atoms with Crippen molar-refractivity contribution >= 4 is 0 Å². The third kappa shape index (κ3) is 2.85. The van der Waals surface area contributed by atoms with Crippen molar-refractivity contribution in [1.82, 2.24) is 4.98 Å². The maximum absolute atomic E-state index is 13.1. The Morgan fingerprint density at radius 2 is 2.00 bits per heavy atom. The van der Waals surface area contributed by atoms with Crippen LogP contribution in [0.4, 0.5) is 4.39 Å². The first-order valence-corrected chi connectivity index (χ1v) is 6.02. The lowest BCUT2D eigenvalue weighted by atomic mass is 9.83. The first-order chi connectivity index (χ1) is 8.63. The van der Waals surface area contributed by atoms with Crippen LogP contribution in [-0.4, -0.2) is 10.5 Å². The molecular weight excluding hydrogens is 229 g/mol. The number of hydrogen-bond donors (Lipinski definition) is 1. The van der Waals surface area contributed by atoms with Crippen LogP contribution in [0.3, 0.4) is 0 Å². The molecule has 2 rings (SSSR count). The van der Waals surface area contributed by atoms with Crippen molar-refractivity contribution in [2.24, 2.45) is 5.73 Å². The van der Waals surface area contributed by atoms with E-state index < -0.39 is 11.4 Å². The standard InChI is InChI=1S/C14H14FN3/c15-12-5-4-11(18-13(12)10-16)6-9-14(17)7-2-1-3-8-14/h4-5H,1-3,7-8,17H2. The molecule has 1 heterocycles. The first-order valence-electron chi connectivity index (χ1n) is 6.02. The molecule has 0 unspecified atom stereocenters. The van der Waals surface area contributed by atoms with Gasteiger partial charge in [0.25, 0.3) is 0 Å². The summed E-state index contributed by atoms with van der Waals surface area (Å²) in [6, 6.07) is 4.37. The highest BCUT2D eigenvalue weighted by Crippen LogP contribution is 2.25. The van der Waals surface area contributed by atoms with Crippen LogP contribution in [-0.2, 0) is 0 Å². The molecule has 0 spiro atoms. The first kappa shape index (κ1) is 12.5. The average molecular weight is 243 g/mol. The van der Waals surface area contributed by atoms with E-state index in [0.29, 0.717) is 5.69 Å². The smallest absolute Gasteiger partial charge is 0.177 e. The van der Waals surface area contributed by atoms with E-state index in [9.17, 15) is 4.39 Å². The molecule has 0 atom stereocenters. The Bertz CT molecular complexity index is 542. The zero-order valence-corrected chi connectivity index (χ0v) is 10.0.